The van der Waals surface area contributed by atoms with Crippen LogP contribution in [0.5, 0.6) is 0 Å². The Morgan fingerprint density at radius 1 is 1.44 bits per heavy atom. The van der Waals surface area contributed by atoms with E-state index in [1.54, 1.807) is 6.92 Å². The molecule has 0 bridgehead atoms. The summed E-state index contributed by atoms with van der Waals surface area (Å²) in [5.41, 5.74) is 5.99. The number of hydrogen-bond donors (Lipinski definition) is 2. The number of nitrogens with two attached hydrogens (primary N) is 1. The molecule has 1 aromatic carbocycles. The molecule has 0 radical (unpaired) electrons. The summed E-state index contributed by atoms with van der Waals surface area (Å²) in [6, 6.07) is 4.14. The number of aliphatic hydroxyl groups is 1. The monoisotopic (exact) mass is 270 g/mol. The molecule has 7 heteroatoms. The standard InChI is InChI=1S/C11H14N2O4S/c1-7(6-14)5-13-11(15)9-4-8(12)2-3-10(9)18(13,16)17/h2-4,7,14H,5-6,12H2,1H3. The molecule has 1 atom stereocenters. The summed E-state index contributed by atoms with van der Waals surface area (Å²) in [5, 5.41) is 8.96. The van der Waals surface area contributed by atoms with Crippen LogP contribution < -0.4 is 5.73 Å². The number of hydrogen-bond acceptors (Lipinski definition) is 5. The van der Waals surface area contributed by atoms with Crippen molar-refractivity contribution < 1.29 is 18.3 Å². The van der Waals surface area contributed by atoms with Gasteiger partial charge >= 0.3 is 0 Å². The molecule has 1 amide bonds. The van der Waals surface area contributed by atoms with E-state index in [0.29, 0.717) is 5.69 Å². The van der Waals surface area contributed by atoms with Crippen molar-refractivity contribution in [1.29, 1.82) is 0 Å². The maximum atomic E-state index is 12.1. The number of anilines is 1. The molecule has 0 aromatic heterocycles. The maximum absolute atomic E-state index is 12.1. The van der Waals surface area contributed by atoms with Crippen LogP contribution in [0.2, 0.25) is 0 Å². The van der Waals surface area contributed by atoms with Crippen LogP contribution in [0.4, 0.5) is 5.69 Å². The second-order valence-electron chi connectivity index (χ2n) is 4.38. The first-order valence-corrected chi connectivity index (χ1v) is 6.89. The third kappa shape index (κ3) is 1.85. The Hall–Kier alpha value is -1.60. The van der Waals surface area contributed by atoms with Gasteiger partial charge < -0.3 is 10.8 Å². The molecule has 6 nitrogen and oxygen atoms in total. The lowest BCUT2D eigenvalue weighted by Crippen LogP contribution is -2.34. The molecule has 3 N–H and O–H groups in total. The summed E-state index contributed by atoms with van der Waals surface area (Å²) >= 11 is 0. The number of amides is 1. The van der Waals surface area contributed by atoms with Crippen LogP contribution in [-0.4, -0.2) is 36.9 Å². The molecule has 0 spiro atoms. The molecular formula is C11H14N2O4S. The average Bonchev–Trinajstić information content (AvgIpc) is 2.50. The number of nitrogen functional groups attached to an aromatic ring is 1. The smallest absolute Gasteiger partial charge is 0.269 e. The Morgan fingerprint density at radius 3 is 2.72 bits per heavy atom. The van der Waals surface area contributed by atoms with E-state index in [-0.39, 0.29) is 29.5 Å². The highest BCUT2D eigenvalue weighted by Crippen LogP contribution is 2.31. The van der Waals surface area contributed by atoms with Gasteiger partial charge in [-0.05, 0) is 24.1 Å². The van der Waals surface area contributed by atoms with E-state index in [1.807, 2.05) is 0 Å². The van der Waals surface area contributed by atoms with Gasteiger partial charge in [-0.2, -0.15) is 0 Å². The van der Waals surface area contributed by atoms with Gasteiger partial charge in [0.1, 0.15) is 4.90 Å². The molecular weight excluding hydrogens is 256 g/mol. The molecule has 0 aliphatic carbocycles. The predicted molar refractivity (Wildman–Crippen MR) is 65.3 cm³/mol. The third-order valence-electron chi connectivity index (χ3n) is 2.82. The van der Waals surface area contributed by atoms with Gasteiger partial charge in [0, 0.05) is 18.8 Å². The fourth-order valence-electron chi connectivity index (χ4n) is 1.82. The molecule has 98 valence electrons. The number of carbonyl (C=O) groups is 1. The van der Waals surface area contributed by atoms with Gasteiger partial charge in [-0.15, -0.1) is 0 Å². The SMILES string of the molecule is CC(CO)CN1C(=O)c2cc(N)ccc2S1(=O)=O. The van der Waals surface area contributed by atoms with Gasteiger partial charge in [0.2, 0.25) is 0 Å². The first-order valence-electron chi connectivity index (χ1n) is 5.45. The maximum Gasteiger partial charge on any atom is 0.269 e. The first kappa shape index (κ1) is 12.8. The van der Waals surface area contributed by atoms with Crippen molar-refractivity contribution in [2.75, 3.05) is 18.9 Å². The highest BCUT2D eigenvalue weighted by molar-refractivity contribution is 7.90. The lowest BCUT2D eigenvalue weighted by molar-refractivity contribution is 0.0846. The fourth-order valence-corrected chi connectivity index (χ4v) is 3.49. The summed E-state index contributed by atoms with van der Waals surface area (Å²) in [7, 11) is -3.80. The van der Waals surface area contributed by atoms with Crippen molar-refractivity contribution in [3.05, 3.63) is 23.8 Å². The minimum atomic E-state index is -3.80. The van der Waals surface area contributed by atoms with Gasteiger partial charge in [-0.1, -0.05) is 6.92 Å². The molecule has 18 heavy (non-hydrogen) atoms. The third-order valence-corrected chi connectivity index (χ3v) is 4.62. The van der Waals surface area contributed by atoms with E-state index in [2.05, 4.69) is 0 Å². The lowest BCUT2D eigenvalue weighted by Gasteiger charge is -2.18. The van der Waals surface area contributed by atoms with E-state index in [0.717, 1.165) is 4.31 Å². The largest absolute Gasteiger partial charge is 0.399 e. The lowest BCUT2D eigenvalue weighted by atomic mass is 10.1. The summed E-state index contributed by atoms with van der Waals surface area (Å²) < 4.78 is 25.1. The molecule has 0 saturated carbocycles. The van der Waals surface area contributed by atoms with Crippen LogP contribution in [0, 0.1) is 5.92 Å². The van der Waals surface area contributed by atoms with Gasteiger partial charge in [0.05, 0.1) is 5.56 Å². The van der Waals surface area contributed by atoms with Crippen molar-refractivity contribution in [3.8, 4) is 0 Å². The zero-order chi connectivity index (χ0) is 13.5. The van der Waals surface area contributed by atoms with E-state index < -0.39 is 15.9 Å². The van der Waals surface area contributed by atoms with Gasteiger partial charge in [-0.3, -0.25) is 4.79 Å². The highest BCUT2D eigenvalue weighted by Gasteiger charge is 2.41. The van der Waals surface area contributed by atoms with E-state index >= 15 is 0 Å². The number of rotatable bonds is 3. The summed E-state index contributed by atoms with van der Waals surface area (Å²) in [5.74, 6) is -0.895. The van der Waals surface area contributed by atoms with E-state index in [1.165, 1.54) is 18.2 Å². The predicted octanol–water partition coefficient (Wildman–Crippen LogP) is 0.0417. The fraction of sp³-hybridized carbons (Fsp3) is 0.364. The van der Waals surface area contributed by atoms with Crippen LogP contribution in [0.15, 0.2) is 23.1 Å². The quantitative estimate of drug-likeness (QED) is 0.755. The number of benzene rings is 1. The number of sulfonamides is 1. The topological polar surface area (TPSA) is 101 Å². The van der Waals surface area contributed by atoms with Gasteiger partial charge in [-0.25, -0.2) is 12.7 Å². The van der Waals surface area contributed by atoms with Gasteiger partial charge in [0.25, 0.3) is 15.9 Å². The second kappa shape index (κ2) is 4.25. The number of aliphatic hydroxyl groups excluding tert-OH is 1. The van der Waals surface area contributed by atoms with Crippen molar-refractivity contribution >= 4 is 21.6 Å². The zero-order valence-corrected chi connectivity index (χ0v) is 10.6. The van der Waals surface area contributed by atoms with Gasteiger partial charge in [0.15, 0.2) is 0 Å². The van der Waals surface area contributed by atoms with E-state index in [9.17, 15) is 13.2 Å². The minimum Gasteiger partial charge on any atom is -0.399 e. The number of fused-ring (bicyclic) bond motifs is 1. The molecule has 1 unspecified atom stereocenters. The summed E-state index contributed by atoms with van der Waals surface area (Å²) in [6.45, 7) is 1.45. The van der Waals surface area contributed by atoms with Crippen LogP contribution in [0.1, 0.15) is 17.3 Å². The Kier molecular flexibility index (Phi) is 3.04. The highest BCUT2D eigenvalue weighted by atomic mass is 32.2. The second-order valence-corrected chi connectivity index (χ2v) is 6.22. The van der Waals surface area contributed by atoms with Crippen LogP contribution in [0.3, 0.4) is 0 Å². The Bertz CT molecular complexity index is 597. The van der Waals surface area contributed by atoms with Crippen molar-refractivity contribution in [2.24, 2.45) is 5.92 Å². The molecule has 0 saturated heterocycles. The Morgan fingerprint density at radius 2 is 2.11 bits per heavy atom. The number of nitrogens with zero attached hydrogens (tertiary/aromatic N) is 1. The molecule has 0 fully saturated rings. The van der Waals surface area contributed by atoms with Crippen LogP contribution >= 0.6 is 0 Å². The zero-order valence-electron chi connectivity index (χ0n) is 9.83. The molecule has 1 aromatic rings. The summed E-state index contributed by atoms with van der Waals surface area (Å²) in [6.07, 6.45) is 0. The van der Waals surface area contributed by atoms with E-state index in [4.69, 9.17) is 10.8 Å². The molecule has 1 aliphatic rings. The first-order chi connectivity index (χ1) is 8.37. The normalized spacial score (nSPS) is 18.8. The molecule has 2 rings (SSSR count). The van der Waals surface area contributed by atoms with Crippen molar-refractivity contribution in [2.45, 2.75) is 11.8 Å². The van der Waals surface area contributed by atoms with Crippen LogP contribution in [-0.2, 0) is 10.0 Å². The summed E-state index contributed by atoms with van der Waals surface area (Å²) in [4.78, 5) is 12.0. The minimum absolute atomic E-state index is 0.0214. The Labute approximate surface area is 105 Å². The average molecular weight is 270 g/mol. The Balaban J connectivity index is 2.48. The van der Waals surface area contributed by atoms with Crippen molar-refractivity contribution in [1.82, 2.24) is 4.31 Å². The molecule has 1 heterocycles. The number of carbonyl (C=O) groups excluding carboxylic acids is 1. The van der Waals surface area contributed by atoms with Crippen molar-refractivity contribution in [3.63, 3.8) is 0 Å². The molecule has 1 aliphatic heterocycles. The van der Waals surface area contributed by atoms with Crippen LogP contribution in [0.25, 0.3) is 0 Å².